The number of likely N-dealkylation sites (tertiary alicyclic amines) is 1. The number of H-pyrrole nitrogens is 1. The van der Waals surface area contributed by atoms with Gasteiger partial charge in [-0.2, -0.15) is 0 Å². The van der Waals surface area contributed by atoms with Gasteiger partial charge in [-0.3, -0.25) is 14.5 Å². The normalized spacial score (nSPS) is 18.1. The first-order valence-corrected chi connectivity index (χ1v) is 16.4. The monoisotopic (exact) mass is 584 g/mol. The van der Waals surface area contributed by atoms with E-state index in [0.29, 0.717) is 41.3 Å². The van der Waals surface area contributed by atoms with Crippen LogP contribution < -0.4 is 10.2 Å². The average molecular weight is 585 g/mol. The Morgan fingerprint density at radius 1 is 1.05 bits per heavy atom. The van der Waals surface area contributed by atoms with Crippen LogP contribution in [-0.2, 0) is 14.6 Å². The lowest BCUT2D eigenvalue weighted by molar-refractivity contribution is -0.132. The molecule has 2 N–H and O–H groups in total. The van der Waals surface area contributed by atoms with Gasteiger partial charge in [0.25, 0.3) is 11.8 Å². The minimum atomic E-state index is -4.02. The number of carbonyl (C=O) groups excluding carboxylic acids is 2. The summed E-state index contributed by atoms with van der Waals surface area (Å²) in [6.07, 6.45) is 10.6. The number of nitrogens with one attached hydrogen (secondary N) is 2. The molecule has 0 radical (unpaired) electrons. The molecule has 214 valence electrons. The number of sulfone groups is 1. The van der Waals surface area contributed by atoms with Crippen molar-refractivity contribution in [2.75, 3.05) is 30.8 Å². The number of piperidine rings is 1. The van der Waals surface area contributed by atoms with Crippen LogP contribution in [0.1, 0.15) is 55.3 Å². The molecule has 0 unspecified atom stereocenters. The van der Waals surface area contributed by atoms with Gasteiger partial charge >= 0.3 is 0 Å². The van der Waals surface area contributed by atoms with Crippen molar-refractivity contribution in [1.82, 2.24) is 15.2 Å². The quantitative estimate of drug-likeness (QED) is 0.388. The van der Waals surface area contributed by atoms with Crippen molar-refractivity contribution < 1.29 is 18.0 Å². The Labute approximate surface area is 241 Å². The van der Waals surface area contributed by atoms with Crippen molar-refractivity contribution in [2.45, 2.75) is 56.4 Å². The number of fused-ring (bicyclic) bond motifs is 1. The summed E-state index contributed by atoms with van der Waals surface area (Å²) in [4.78, 5) is 33.7. The van der Waals surface area contributed by atoms with Gasteiger partial charge in [-0.15, -0.1) is 0 Å². The van der Waals surface area contributed by atoms with Gasteiger partial charge in [-0.1, -0.05) is 55.1 Å². The van der Waals surface area contributed by atoms with Crippen LogP contribution in [0.15, 0.2) is 54.7 Å². The van der Waals surface area contributed by atoms with Crippen LogP contribution in [0.3, 0.4) is 0 Å². The third-order valence-corrected chi connectivity index (χ3v) is 9.75. The topological polar surface area (TPSA) is 103 Å². The molecule has 1 aromatic heterocycles. The second-order valence-electron chi connectivity index (χ2n) is 11.1. The summed E-state index contributed by atoms with van der Waals surface area (Å²) < 4.78 is 26.5. The molecule has 1 saturated carbocycles. The number of hydrogen-bond acceptors (Lipinski definition) is 5. The molecule has 2 fully saturated rings. The number of benzene rings is 2. The second-order valence-corrected chi connectivity index (χ2v) is 13.6. The smallest absolute Gasteiger partial charge is 0.261 e. The average Bonchev–Trinajstić information content (AvgIpc) is 3.34. The number of nitrogens with zero attached hydrogens (tertiary/aromatic N) is 2. The maximum atomic E-state index is 14.0. The van der Waals surface area contributed by atoms with Crippen molar-refractivity contribution in [1.29, 1.82) is 0 Å². The number of aromatic amines is 1. The maximum absolute atomic E-state index is 14.0. The Kier molecular flexibility index (Phi) is 8.83. The zero-order valence-corrected chi connectivity index (χ0v) is 24.4. The van der Waals surface area contributed by atoms with Gasteiger partial charge < -0.3 is 15.2 Å². The summed E-state index contributed by atoms with van der Waals surface area (Å²) in [5.41, 5.74) is 1.24. The number of halogens is 1. The predicted octanol–water partition coefficient (Wildman–Crippen LogP) is 5.00. The molecule has 2 heterocycles. The van der Waals surface area contributed by atoms with Crippen LogP contribution in [0.5, 0.6) is 0 Å². The first-order valence-electron chi connectivity index (χ1n) is 14.1. The third-order valence-electron chi connectivity index (χ3n) is 8.21. The molecule has 1 atom stereocenters. The molecule has 1 aliphatic carbocycles. The molecule has 2 aromatic carbocycles. The SMILES string of the molecule is CS(=O)(=O)[C@@H](C(=O)N1CCC(CNC2CCCCC2)CC1)N(C(=O)c1ccc2c(Cl)c[nH]c2c1)c1ccccc1. The van der Waals surface area contributed by atoms with Crippen molar-refractivity contribution in [3.8, 4) is 0 Å². The molecule has 5 rings (SSSR count). The lowest BCUT2D eigenvalue weighted by atomic mass is 9.93. The van der Waals surface area contributed by atoms with Crippen LogP contribution in [0, 0.1) is 5.92 Å². The van der Waals surface area contributed by atoms with Gasteiger partial charge in [-0.05, 0) is 62.4 Å². The van der Waals surface area contributed by atoms with E-state index in [1.807, 2.05) is 0 Å². The molecular weight excluding hydrogens is 548 g/mol. The molecular formula is C30H37ClN4O4S. The first kappa shape index (κ1) is 28.6. The summed E-state index contributed by atoms with van der Waals surface area (Å²) in [6.45, 7) is 1.85. The molecule has 40 heavy (non-hydrogen) atoms. The van der Waals surface area contributed by atoms with Crippen molar-refractivity contribution in [2.24, 2.45) is 5.92 Å². The zero-order chi connectivity index (χ0) is 28.3. The van der Waals surface area contributed by atoms with E-state index >= 15 is 0 Å². The lowest BCUT2D eigenvalue weighted by Crippen LogP contribution is -2.56. The number of carbonyl (C=O) groups is 2. The number of para-hydroxylation sites is 1. The summed E-state index contributed by atoms with van der Waals surface area (Å²) in [7, 11) is -4.02. The molecule has 0 bridgehead atoms. The fraction of sp³-hybridized carbons (Fsp3) is 0.467. The number of hydrogen-bond donors (Lipinski definition) is 2. The minimum Gasteiger partial charge on any atom is -0.360 e. The lowest BCUT2D eigenvalue weighted by Gasteiger charge is -2.37. The number of amides is 2. The molecule has 0 spiro atoms. The van der Waals surface area contributed by atoms with E-state index in [1.54, 1.807) is 59.6 Å². The molecule has 8 nitrogen and oxygen atoms in total. The fourth-order valence-electron chi connectivity index (χ4n) is 5.95. The Balaban J connectivity index is 1.37. The van der Waals surface area contributed by atoms with E-state index in [0.717, 1.165) is 35.9 Å². The van der Waals surface area contributed by atoms with Gasteiger partial charge in [0.15, 0.2) is 9.84 Å². The highest BCUT2D eigenvalue weighted by atomic mass is 35.5. The summed E-state index contributed by atoms with van der Waals surface area (Å²) in [5, 5.41) is 3.30. The highest BCUT2D eigenvalue weighted by molar-refractivity contribution is 7.92. The predicted molar refractivity (Wildman–Crippen MR) is 159 cm³/mol. The number of aromatic nitrogens is 1. The standard InChI is InChI=1S/C30H37ClN4O4S/c1-40(38,39)30(29(37)34-16-14-21(15-17-34)19-32-23-8-4-2-5-9-23)35(24-10-6-3-7-11-24)28(36)22-12-13-25-26(31)20-33-27(25)18-22/h3,6-7,10-13,18,20-21,23,30,32-33H,2,4-5,8-9,14-17,19H2,1H3/t30-/m0/s1. The largest absolute Gasteiger partial charge is 0.360 e. The summed E-state index contributed by atoms with van der Waals surface area (Å²) in [5.74, 6) is -0.703. The maximum Gasteiger partial charge on any atom is 0.261 e. The van der Waals surface area contributed by atoms with Gasteiger partial charge in [0.1, 0.15) is 0 Å². The van der Waals surface area contributed by atoms with Crippen LogP contribution in [-0.4, -0.2) is 67.4 Å². The Hall–Kier alpha value is -2.88. The van der Waals surface area contributed by atoms with Crippen molar-refractivity contribution in [3.05, 3.63) is 65.3 Å². The summed E-state index contributed by atoms with van der Waals surface area (Å²) >= 11 is 6.21. The Morgan fingerprint density at radius 2 is 1.75 bits per heavy atom. The molecule has 1 aliphatic heterocycles. The van der Waals surface area contributed by atoms with Crippen molar-refractivity contribution in [3.63, 3.8) is 0 Å². The summed E-state index contributed by atoms with van der Waals surface area (Å²) in [6, 6.07) is 14.1. The van der Waals surface area contributed by atoms with Crippen LogP contribution in [0.4, 0.5) is 5.69 Å². The second kappa shape index (κ2) is 12.3. The Bertz CT molecular complexity index is 1440. The number of rotatable bonds is 8. The van der Waals surface area contributed by atoms with Crippen LogP contribution in [0.25, 0.3) is 10.9 Å². The zero-order valence-electron chi connectivity index (χ0n) is 22.8. The molecule has 10 heteroatoms. The van der Waals surface area contributed by atoms with Gasteiger partial charge in [0.05, 0.1) is 5.02 Å². The molecule has 2 amide bonds. The third kappa shape index (κ3) is 6.37. The fourth-order valence-corrected chi connectivity index (χ4v) is 7.28. The highest BCUT2D eigenvalue weighted by Crippen LogP contribution is 2.29. The van der Waals surface area contributed by atoms with E-state index in [9.17, 15) is 18.0 Å². The Morgan fingerprint density at radius 3 is 2.42 bits per heavy atom. The first-order chi connectivity index (χ1) is 19.2. The minimum absolute atomic E-state index is 0.254. The number of anilines is 1. The van der Waals surface area contributed by atoms with E-state index in [1.165, 1.54) is 32.1 Å². The molecule has 1 saturated heterocycles. The van der Waals surface area contributed by atoms with E-state index < -0.39 is 27.0 Å². The van der Waals surface area contributed by atoms with Gasteiger partial charge in [0.2, 0.25) is 5.37 Å². The molecule has 3 aromatic rings. The van der Waals surface area contributed by atoms with Crippen molar-refractivity contribution >= 4 is 49.8 Å². The van der Waals surface area contributed by atoms with Gasteiger partial charge in [-0.25, -0.2) is 8.42 Å². The molecule has 2 aliphatic rings. The van der Waals surface area contributed by atoms with Crippen LogP contribution >= 0.6 is 11.6 Å². The van der Waals surface area contributed by atoms with Gasteiger partial charge in [0, 0.05) is 53.7 Å². The van der Waals surface area contributed by atoms with E-state index in [2.05, 4.69) is 10.3 Å². The highest BCUT2D eigenvalue weighted by Gasteiger charge is 2.42. The van der Waals surface area contributed by atoms with E-state index in [-0.39, 0.29) is 5.56 Å². The van der Waals surface area contributed by atoms with E-state index in [4.69, 9.17) is 11.6 Å². The van der Waals surface area contributed by atoms with Crippen LogP contribution in [0.2, 0.25) is 5.02 Å².